The number of likely N-dealkylation sites (tertiary alicyclic amines) is 1. The number of unbranched alkanes of at least 4 members (excludes halogenated alkanes) is 2. The van der Waals surface area contributed by atoms with Crippen LogP contribution in [-0.2, 0) is 42.8 Å². The van der Waals surface area contributed by atoms with Crippen molar-refractivity contribution in [1.29, 1.82) is 0 Å². The molecule has 3 aromatic carbocycles. The monoisotopic (exact) mass is 1380 g/mol. The molecule has 29 heteroatoms. The van der Waals surface area contributed by atoms with Crippen LogP contribution in [0, 0.1) is 60.3 Å². The second-order valence-electron chi connectivity index (χ2n) is 25.5. The van der Waals surface area contributed by atoms with Gasteiger partial charge in [-0.3, -0.25) is 39.1 Å². The van der Waals surface area contributed by atoms with Crippen LogP contribution in [0.1, 0.15) is 163 Å². The standard InChI is InChI=1S/C26H31N5O5.C17H29N5O.C16H19N5O.C13H17N5O2/c1-6-7-15-35-16-22(32)27-19-13-11-18(12-14-19)24-28-31-26(30(24)3)17(2)25(29-31)36-23-20(33-4)9-8-10-21(23)34-5;1-6-8-9-14(7-2)17(23)18-10-11(3)15-19-16-12(4)13(5)20-22(16)21-15;1-5-14(22)17-13-8-6-12(7-9-13)15-19-20(4)16-10(2)11(3)18-21(15)16;1-6-5-10(19)17(13(6)20)9(4)12-15-14-11-7(2)8(3)16-18(11)12/h8-14H,6-7,15-16H2,1-5H3,(H,27,32);11,14,20H,6-10H2,1-5H3,(H,18,23);6-9H,5H2,1-4H3,(H,17,22);6,9,16H,5H2,1-4H3. The predicted molar refractivity (Wildman–Crippen MR) is 384 cm³/mol. The average molecular weight is 1390 g/mol. The van der Waals surface area contributed by atoms with Crippen molar-refractivity contribution in [2.45, 2.75) is 160 Å². The number of H-pyrrole nitrogens is 2. The Balaban J connectivity index is 0.000000162. The summed E-state index contributed by atoms with van der Waals surface area (Å²) in [6, 6.07) is 20.1. The number of nitrogens with zero attached hydrogens (tertiary/aromatic N) is 15. The first-order valence-corrected chi connectivity index (χ1v) is 34.4. The van der Waals surface area contributed by atoms with Crippen molar-refractivity contribution in [3.05, 3.63) is 118 Å². The third kappa shape index (κ3) is 16.5. The molecule has 0 spiro atoms. The van der Waals surface area contributed by atoms with Crippen LogP contribution in [0.4, 0.5) is 11.4 Å². The van der Waals surface area contributed by atoms with Crippen molar-refractivity contribution >= 4 is 63.5 Å². The van der Waals surface area contributed by atoms with Crippen molar-refractivity contribution in [2.75, 3.05) is 44.6 Å². The smallest absolute Gasteiger partial charge is 0.250 e. The Morgan fingerprint density at radius 1 is 0.693 bits per heavy atom. The van der Waals surface area contributed by atoms with Gasteiger partial charge in [-0.05, 0) is 135 Å². The third-order valence-corrected chi connectivity index (χ3v) is 18.2. The van der Waals surface area contributed by atoms with Gasteiger partial charge in [-0.15, -0.1) is 30.1 Å². The number of carbonyl (C=O) groups is 5. The van der Waals surface area contributed by atoms with E-state index in [2.05, 4.69) is 87.6 Å². The number of benzene rings is 3. The summed E-state index contributed by atoms with van der Waals surface area (Å²) >= 11 is 0. The number of fused-ring (bicyclic) bond motifs is 4. The number of para-hydroxylation sites is 1. The molecule has 1 aliphatic rings. The number of hydrogen-bond acceptors (Lipinski definition) is 17. The number of rotatable bonds is 24. The predicted octanol–water partition coefficient (Wildman–Crippen LogP) is 11.5. The Morgan fingerprint density at radius 3 is 1.90 bits per heavy atom. The molecule has 9 heterocycles. The maximum Gasteiger partial charge on any atom is 0.250 e. The first-order chi connectivity index (χ1) is 48.4. The SMILES string of the molecule is CCC(=O)Nc1ccc(-c2nn(C)c3c(C)c(C)nn23)cc1.CCCCC(CC)C(=O)NCC(C)c1nc2c(C)c(C)[nH]n2n1.CCCCOCC(=O)Nc1ccc(-c2nn3nc(Oc4c(OC)cccc4OC)c(C)c3n2C)cc1.Cc1[nH]n2c(C(C)N3C(=O)CC(C)C3=O)nnc2c1C. The fourth-order valence-electron chi connectivity index (χ4n) is 11.7. The molecule has 5 amide bonds. The first-order valence-electron chi connectivity index (χ1n) is 34.4. The minimum absolute atomic E-state index is 0.00584. The lowest BCUT2D eigenvalue weighted by molar-refractivity contribution is -0.142. The molecule has 0 bridgehead atoms. The largest absolute Gasteiger partial charge is 0.493 e. The fourth-order valence-corrected chi connectivity index (χ4v) is 11.7. The maximum atomic E-state index is 12.3. The number of aryl methyl sites for hydroxylation is 9. The highest BCUT2D eigenvalue weighted by molar-refractivity contribution is 6.03. The van der Waals surface area contributed by atoms with Crippen LogP contribution >= 0.6 is 0 Å². The van der Waals surface area contributed by atoms with E-state index in [4.69, 9.17) is 18.9 Å². The van der Waals surface area contributed by atoms with Crippen LogP contribution in [0.3, 0.4) is 0 Å². The number of aromatic nitrogens is 16. The molecule has 1 aliphatic heterocycles. The molecule has 12 rings (SSSR count). The van der Waals surface area contributed by atoms with E-state index in [0.29, 0.717) is 54.2 Å². The summed E-state index contributed by atoms with van der Waals surface area (Å²) in [5.41, 5.74) is 13.9. The number of methoxy groups -OCH3 is 2. The Morgan fingerprint density at radius 2 is 1.32 bits per heavy atom. The number of carbonyl (C=O) groups excluding carboxylic acids is 5. The van der Waals surface area contributed by atoms with Crippen LogP contribution < -0.4 is 30.2 Å². The zero-order chi connectivity index (χ0) is 73.1. The summed E-state index contributed by atoms with van der Waals surface area (Å²) in [4.78, 5) is 65.7. The van der Waals surface area contributed by atoms with E-state index in [1.54, 1.807) is 54.0 Å². The number of anilines is 2. The molecule has 0 saturated carbocycles. The number of imide groups is 1. The van der Waals surface area contributed by atoms with Gasteiger partial charge < -0.3 is 39.5 Å². The molecule has 5 N–H and O–H groups in total. The van der Waals surface area contributed by atoms with E-state index >= 15 is 0 Å². The van der Waals surface area contributed by atoms with Gasteiger partial charge in [-0.25, -0.2) is 14.2 Å². The highest BCUT2D eigenvalue weighted by Gasteiger charge is 2.41. The Kier molecular flexibility index (Phi) is 24.3. The van der Waals surface area contributed by atoms with E-state index < -0.39 is 6.04 Å². The molecule has 11 aromatic rings. The van der Waals surface area contributed by atoms with Crippen molar-refractivity contribution in [2.24, 2.45) is 25.9 Å². The lowest BCUT2D eigenvalue weighted by Gasteiger charge is -2.20. The summed E-state index contributed by atoms with van der Waals surface area (Å²) in [5.74, 6) is 4.46. The molecule has 0 aliphatic carbocycles. The van der Waals surface area contributed by atoms with Crippen LogP contribution in [0.15, 0.2) is 66.7 Å². The van der Waals surface area contributed by atoms with Gasteiger partial charge in [0.2, 0.25) is 41.2 Å². The summed E-state index contributed by atoms with van der Waals surface area (Å²) in [5, 5.41) is 46.2. The van der Waals surface area contributed by atoms with Crippen molar-refractivity contribution in [3.63, 3.8) is 0 Å². The second-order valence-corrected chi connectivity index (χ2v) is 25.5. The highest BCUT2D eigenvalue weighted by Crippen LogP contribution is 2.41. The number of amides is 5. The van der Waals surface area contributed by atoms with E-state index in [1.165, 1.54) is 4.90 Å². The van der Waals surface area contributed by atoms with Crippen molar-refractivity contribution in [3.8, 4) is 45.9 Å². The highest BCUT2D eigenvalue weighted by atomic mass is 16.5. The molecule has 1 fully saturated rings. The number of aromatic amines is 2. The molecule has 4 unspecified atom stereocenters. The van der Waals surface area contributed by atoms with Crippen LogP contribution in [0.25, 0.3) is 45.4 Å². The quantitative estimate of drug-likeness (QED) is 0.0277. The molecule has 101 heavy (non-hydrogen) atoms. The maximum absolute atomic E-state index is 12.3. The summed E-state index contributed by atoms with van der Waals surface area (Å²) in [6.07, 6.45) is 6.81. The number of hydrogen-bond donors (Lipinski definition) is 5. The van der Waals surface area contributed by atoms with Gasteiger partial charge in [0.15, 0.2) is 57.4 Å². The van der Waals surface area contributed by atoms with E-state index in [1.807, 2.05) is 145 Å². The van der Waals surface area contributed by atoms with Crippen LogP contribution in [-0.4, -0.2) is 147 Å². The van der Waals surface area contributed by atoms with Crippen molar-refractivity contribution in [1.82, 2.24) is 88.6 Å². The summed E-state index contributed by atoms with van der Waals surface area (Å²) in [7, 11) is 6.99. The van der Waals surface area contributed by atoms with Gasteiger partial charge in [0.05, 0.1) is 31.5 Å². The van der Waals surface area contributed by atoms with Gasteiger partial charge in [-0.2, -0.15) is 19.3 Å². The molecule has 1 saturated heterocycles. The lowest BCUT2D eigenvalue weighted by Crippen LogP contribution is -2.34. The van der Waals surface area contributed by atoms with Gasteiger partial charge in [0, 0.05) is 108 Å². The third-order valence-electron chi connectivity index (χ3n) is 18.2. The first kappa shape index (κ1) is 74.5. The summed E-state index contributed by atoms with van der Waals surface area (Å²) < 4.78 is 33.0. The van der Waals surface area contributed by atoms with E-state index in [9.17, 15) is 24.0 Å². The molecule has 8 aromatic heterocycles. The number of ether oxygens (including phenoxy) is 4. The molecule has 29 nitrogen and oxygen atoms in total. The van der Waals surface area contributed by atoms with Gasteiger partial charge in [0.25, 0.3) is 0 Å². The minimum Gasteiger partial charge on any atom is -0.493 e. The van der Waals surface area contributed by atoms with E-state index in [-0.39, 0.29) is 60.3 Å². The zero-order valence-corrected chi connectivity index (χ0v) is 61.3. The van der Waals surface area contributed by atoms with Gasteiger partial charge in [0.1, 0.15) is 6.61 Å². The van der Waals surface area contributed by atoms with Gasteiger partial charge >= 0.3 is 0 Å². The average Bonchev–Trinajstić information content (AvgIpc) is 1.62. The number of nitrogens with one attached hydrogen (secondary N) is 5. The lowest BCUT2D eigenvalue weighted by atomic mass is 9.98. The van der Waals surface area contributed by atoms with Crippen LogP contribution in [0.2, 0.25) is 0 Å². The zero-order valence-electron chi connectivity index (χ0n) is 61.3. The second kappa shape index (κ2) is 33.0. The topological polar surface area (TPSA) is 324 Å². The Bertz CT molecular complexity index is 4690. The molecule has 0 radical (unpaired) electrons. The molecule has 538 valence electrons. The Labute approximate surface area is 587 Å². The molecular formula is C72H96N20O9. The summed E-state index contributed by atoms with van der Waals surface area (Å²) in [6.45, 7) is 28.9. The van der Waals surface area contributed by atoms with Crippen molar-refractivity contribution < 1.29 is 42.9 Å². The minimum atomic E-state index is -0.424. The molecular weight excluding hydrogens is 1290 g/mol. The Hall–Kier alpha value is -10.7. The fraction of sp³-hybridized carbons (Fsp3) is 0.458. The van der Waals surface area contributed by atoms with E-state index in [0.717, 1.165) is 135 Å². The normalized spacial score (nSPS) is 13.8. The molecule has 4 atom stereocenters. The van der Waals surface area contributed by atoms with Crippen LogP contribution in [0.5, 0.6) is 23.1 Å². The van der Waals surface area contributed by atoms with Gasteiger partial charge in [-0.1, -0.05) is 66.9 Å².